The van der Waals surface area contributed by atoms with Crippen LogP contribution in [0.15, 0.2) is 10.6 Å². The van der Waals surface area contributed by atoms with Crippen molar-refractivity contribution in [2.24, 2.45) is 0 Å². The molecule has 0 aromatic rings. The second-order valence-corrected chi connectivity index (χ2v) is 5.02. The Hall–Kier alpha value is -0.620. The van der Waals surface area contributed by atoms with E-state index in [-0.39, 0.29) is 17.0 Å². The van der Waals surface area contributed by atoms with E-state index in [0.717, 1.165) is 0 Å². The summed E-state index contributed by atoms with van der Waals surface area (Å²) in [6.45, 7) is 3.47. The molecule has 1 saturated heterocycles. The van der Waals surface area contributed by atoms with Crippen LogP contribution in [0.4, 0.5) is 0 Å². The summed E-state index contributed by atoms with van der Waals surface area (Å²) in [4.78, 5) is 11.5. The molecule has 0 aromatic heterocycles. The molecule has 1 N–H and O–H groups in total. The first-order chi connectivity index (χ1) is 7.85. The van der Waals surface area contributed by atoms with Crippen LogP contribution in [0.3, 0.4) is 0 Å². The lowest BCUT2D eigenvalue weighted by Crippen LogP contribution is -2.41. The fourth-order valence-electron chi connectivity index (χ4n) is 2.16. The Labute approximate surface area is 104 Å². The molecule has 17 heavy (non-hydrogen) atoms. The van der Waals surface area contributed by atoms with Gasteiger partial charge in [-0.1, -0.05) is 11.6 Å². The molecule has 1 fully saturated rings. The average Bonchev–Trinajstić information content (AvgIpc) is 2.59. The van der Waals surface area contributed by atoms with Crippen LogP contribution in [-0.2, 0) is 19.0 Å². The molecule has 1 aliphatic heterocycles. The Morgan fingerprint density at radius 1 is 1.53 bits per heavy atom. The van der Waals surface area contributed by atoms with Crippen LogP contribution >= 0.6 is 11.6 Å². The zero-order valence-electron chi connectivity index (χ0n) is 9.90. The van der Waals surface area contributed by atoms with Gasteiger partial charge in [0.05, 0.1) is 23.8 Å². The molecule has 0 amide bonds. The van der Waals surface area contributed by atoms with Crippen molar-refractivity contribution in [3.8, 4) is 0 Å². The minimum Gasteiger partial charge on any atom is -0.466 e. The summed E-state index contributed by atoms with van der Waals surface area (Å²) in [5.41, 5.74) is 0.254. The van der Waals surface area contributed by atoms with Gasteiger partial charge in [0.15, 0.2) is 5.79 Å². The van der Waals surface area contributed by atoms with Gasteiger partial charge in [0.25, 0.3) is 0 Å². The first-order valence-corrected chi connectivity index (χ1v) is 5.74. The van der Waals surface area contributed by atoms with Crippen LogP contribution < -0.4 is 0 Å². The zero-order valence-corrected chi connectivity index (χ0v) is 10.7. The maximum atomic E-state index is 11.5. The third kappa shape index (κ3) is 2.20. The minimum absolute atomic E-state index is 0.117. The van der Waals surface area contributed by atoms with Crippen LogP contribution in [-0.4, -0.2) is 42.3 Å². The number of hydrogen-bond donors (Lipinski definition) is 1. The van der Waals surface area contributed by atoms with E-state index in [1.807, 2.05) is 0 Å². The maximum Gasteiger partial charge on any atom is 0.335 e. The monoisotopic (exact) mass is 262 g/mol. The molecule has 1 aliphatic carbocycles. The zero-order chi connectivity index (χ0) is 12.8. The Kier molecular flexibility index (Phi) is 3.20. The molecule has 96 valence electrons. The molecule has 0 unspecified atom stereocenters. The Balaban J connectivity index is 2.33. The lowest BCUT2D eigenvalue weighted by atomic mass is 9.92. The number of ether oxygens (including phenoxy) is 3. The van der Waals surface area contributed by atoms with Crippen molar-refractivity contribution in [3.05, 3.63) is 10.6 Å². The van der Waals surface area contributed by atoms with Crippen molar-refractivity contribution >= 4 is 17.6 Å². The van der Waals surface area contributed by atoms with Crippen molar-refractivity contribution in [2.75, 3.05) is 7.11 Å². The predicted octanol–water partition coefficient (Wildman–Crippen LogP) is 0.937. The Morgan fingerprint density at radius 2 is 2.18 bits per heavy atom. The molecular weight excluding hydrogens is 248 g/mol. The number of aliphatic hydroxyl groups excluding tert-OH is 1. The molecule has 3 atom stereocenters. The number of halogens is 1. The average molecular weight is 263 g/mol. The second kappa shape index (κ2) is 4.24. The molecule has 0 radical (unpaired) electrons. The fourth-order valence-corrected chi connectivity index (χ4v) is 2.49. The Morgan fingerprint density at radius 3 is 2.76 bits per heavy atom. The predicted molar refractivity (Wildman–Crippen MR) is 59.3 cm³/mol. The highest BCUT2D eigenvalue weighted by molar-refractivity contribution is 6.32. The van der Waals surface area contributed by atoms with E-state index in [2.05, 4.69) is 4.74 Å². The summed E-state index contributed by atoms with van der Waals surface area (Å²) in [6.07, 6.45) is -1.85. The molecule has 5 nitrogen and oxygen atoms in total. The fraction of sp³-hybridized carbons (Fsp3) is 0.727. The summed E-state index contributed by atoms with van der Waals surface area (Å²) >= 11 is 6.11. The largest absolute Gasteiger partial charge is 0.466 e. The normalized spacial score (nSPS) is 35.7. The number of methoxy groups -OCH3 is 1. The van der Waals surface area contributed by atoms with Crippen molar-refractivity contribution in [1.82, 2.24) is 0 Å². The van der Waals surface area contributed by atoms with Gasteiger partial charge in [-0.2, -0.15) is 0 Å². The van der Waals surface area contributed by atoms with Gasteiger partial charge in [0.1, 0.15) is 12.2 Å². The first-order valence-electron chi connectivity index (χ1n) is 5.36. The van der Waals surface area contributed by atoms with Gasteiger partial charge in [-0.3, -0.25) is 0 Å². The van der Waals surface area contributed by atoms with Gasteiger partial charge in [-0.15, -0.1) is 0 Å². The topological polar surface area (TPSA) is 65.0 Å². The van der Waals surface area contributed by atoms with Gasteiger partial charge in [0.2, 0.25) is 0 Å². The number of aliphatic hydroxyl groups is 1. The molecule has 0 bridgehead atoms. The first kappa shape index (κ1) is 12.8. The van der Waals surface area contributed by atoms with E-state index >= 15 is 0 Å². The minimum atomic E-state index is -0.821. The molecular formula is C11H15ClO5. The van der Waals surface area contributed by atoms with Crippen molar-refractivity contribution < 1.29 is 24.1 Å². The van der Waals surface area contributed by atoms with Gasteiger partial charge in [0, 0.05) is 6.42 Å². The van der Waals surface area contributed by atoms with Crippen LogP contribution in [0.1, 0.15) is 20.3 Å². The van der Waals surface area contributed by atoms with Crippen molar-refractivity contribution in [2.45, 2.75) is 44.4 Å². The quantitative estimate of drug-likeness (QED) is 0.713. The van der Waals surface area contributed by atoms with E-state index < -0.39 is 30.1 Å². The second-order valence-electron chi connectivity index (χ2n) is 4.61. The lowest BCUT2D eigenvalue weighted by Gasteiger charge is -2.28. The summed E-state index contributed by atoms with van der Waals surface area (Å²) in [6, 6.07) is 0. The molecule has 2 rings (SSSR count). The van der Waals surface area contributed by atoms with Gasteiger partial charge < -0.3 is 19.3 Å². The third-order valence-corrected chi connectivity index (χ3v) is 3.33. The van der Waals surface area contributed by atoms with Crippen molar-refractivity contribution in [1.29, 1.82) is 0 Å². The van der Waals surface area contributed by atoms with E-state index in [0.29, 0.717) is 0 Å². The molecule has 6 heteroatoms. The number of rotatable bonds is 1. The van der Waals surface area contributed by atoms with Crippen LogP contribution in [0.2, 0.25) is 0 Å². The third-order valence-electron chi connectivity index (χ3n) is 2.89. The summed E-state index contributed by atoms with van der Waals surface area (Å²) in [7, 11) is 1.27. The van der Waals surface area contributed by atoms with E-state index in [1.54, 1.807) is 13.8 Å². The molecule has 0 aromatic carbocycles. The van der Waals surface area contributed by atoms with Crippen molar-refractivity contribution in [3.63, 3.8) is 0 Å². The molecule has 0 spiro atoms. The highest BCUT2D eigenvalue weighted by atomic mass is 35.5. The summed E-state index contributed by atoms with van der Waals surface area (Å²) in [5.74, 6) is -1.36. The van der Waals surface area contributed by atoms with Crippen LogP contribution in [0.25, 0.3) is 0 Å². The van der Waals surface area contributed by atoms with E-state index in [4.69, 9.17) is 21.1 Å². The SMILES string of the molecule is COC(=O)C1=C(Cl)[C@H]2OC(C)(C)O[C@H]2[C@H](O)C1. The smallest absolute Gasteiger partial charge is 0.335 e. The highest BCUT2D eigenvalue weighted by Gasteiger charge is 2.50. The number of esters is 1. The molecule has 1 heterocycles. The highest BCUT2D eigenvalue weighted by Crippen LogP contribution is 2.41. The number of carbonyl (C=O) groups is 1. The van der Waals surface area contributed by atoms with Gasteiger partial charge >= 0.3 is 5.97 Å². The number of hydrogen-bond acceptors (Lipinski definition) is 5. The number of fused-ring (bicyclic) bond motifs is 1. The summed E-state index contributed by atoms with van der Waals surface area (Å²) < 4.78 is 15.8. The molecule has 0 saturated carbocycles. The molecule has 2 aliphatic rings. The van der Waals surface area contributed by atoms with Gasteiger partial charge in [-0.05, 0) is 13.8 Å². The number of carbonyl (C=O) groups excluding carboxylic acids is 1. The van der Waals surface area contributed by atoms with E-state index in [9.17, 15) is 9.90 Å². The van der Waals surface area contributed by atoms with Gasteiger partial charge in [-0.25, -0.2) is 4.79 Å². The Bertz CT molecular complexity index is 376. The van der Waals surface area contributed by atoms with Crippen LogP contribution in [0, 0.1) is 0 Å². The summed E-state index contributed by atoms with van der Waals surface area (Å²) in [5, 5.41) is 10.2. The van der Waals surface area contributed by atoms with E-state index in [1.165, 1.54) is 7.11 Å². The maximum absolute atomic E-state index is 11.5. The lowest BCUT2D eigenvalue weighted by molar-refractivity contribution is -0.152. The standard InChI is InChI=1S/C11H15ClO5/c1-11(2)16-8-6(13)4-5(10(14)15-3)7(12)9(8)17-11/h6,8-9,13H,4H2,1-3H3/t6-,8+,9-/m1/s1. The van der Waals surface area contributed by atoms with Crippen LogP contribution in [0.5, 0.6) is 0 Å².